The number of nitrogens with zero attached hydrogens (tertiary/aromatic N) is 3. The first-order valence-electron chi connectivity index (χ1n) is 16.9. The van der Waals surface area contributed by atoms with Gasteiger partial charge in [0.15, 0.2) is 5.60 Å². The Kier molecular flexibility index (Phi) is 27.9. The lowest BCUT2D eigenvalue weighted by atomic mass is 9.96. The number of carbonyl (C=O) groups is 8. The van der Waals surface area contributed by atoms with Crippen LogP contribution in [0.2, 0.25) is 0 Å². The van der Waals surface area contributed by atoms with Crippen LogP contribution in [0.15, 0.2) is 0 Å². The van der Waals surface area contributed by atoms with Gasteiger partial charge in [-0.2, -0.15) is 0 Å². The number of nitrogens with one attached hydrogen (secondary N) is 2. The van der Waals surface area contributed by atoms with E-state index in [2.05, 4.69) is 10.6 Å². The molecule has 0 heterocycles. The number of hydroxylamine groups is 6. The van der Waals surface area contributed by atoms with Gasteiger partial charge in [0.25, 0.3) is 0 Å². The standard InChI is InChI=1S/C25H48N6O8.C6H8O7/c1-21(32)29(37)18-9-3-6-16-27-22(33)12-14-25(36)31(39)20-10-4-7-17-28-23(34)11-13-24(35)30(38)19-8-2-5-15-26;7-3(8)1-6(13,5(11)12)2-4(9)10/h37-39H,2-20,26H2,1H3,(H,27,33)(H,28,34);13H,1-2H2,(H,7,8)(H,9,10)(H,11,12). The molecule has 52 heavy (non-hydrogen) atoms. The van der Waals surface area contributed by atoms with Crippen LogP contribution in [-0.4, -0.2) is 144 Å². The van der Waals surface area contributed by atoms with Gasteiger partial charge in [-0.05, 0) is 57.9 Å². The summed E-state index contributed by atoms with van der Waals surface area (Å²) >= 11 is 0. The number of amides is 5. The van der Waals surface area contributed by atoms with Gasteiger partial charge in [0, 0.05) is 65.3 Å². The van der Waals surface area contributed by atoms with Gasteiger partial charge >= 0.3 is 17.9 Å². The molecule has 0 spiro atoms. The monoisotopic (exact) mass is 752 g/mol. The summed E-state index contributed by atoms with van der Waals surface area (Å²) in [5.74, 6) is -7.07. The highest BCUT2D eigenvalue weighted by Gasteiger charge is 2.40. The van der Waals surface area contributed by atoms with Gasteiger partial charge in [0.2, 0.25) is 29.5 Å². The van der Waals surface area contributed by atoms with E-state index in [-0.39, 0.29) is 57.1 Å². The van der Waals surface area contributed by atoms with Crippen molar-refractivity contribution in [2.24, 2.45) is 5.73 Å². The number of hydrogen-bond acceptors (Lipinski definition) is 13. The van der Waals surface area contributed by atoms with E-state index in [0.29, 0.717) is 73.3 Å². The molecule has 21 heteroatoms. The summed E-state index contributed by atoms with van der Waals surface area (Å²) in [5, 5.41) is 69.9. The number of unbranched alkanes of at least 4 members (excludes halogenated alkanes) is 6. The topological polar surface area (TPSA) is 338 Å². The van der Waals surface area contributed by atoms with Crippen LogP contribution in [0, 0.1) is 0 Å². The van der Waals surface area contributed by atoms with Gasteiger partial charge in [-0.15, -0.1) is 0 Å². The third kappa shape index (κ3) is 27.3. The summed E-state index contributed by atoms with van der Waals surface area (Å²) in [6, 6.07) is 0. The fourth-order valence-electron chi connectivity index (χ4n) is 4.16. The Balaban J connectivity index is 0. The van der Waals surface area contributed by atoms with Crippen LogP contribution < -0.4 is 16.4 Å². The SMILES string of the molecule is CC(=O)N(O)CCCCCNC(=O)CCC(=O)N(O)CCCCCNC(=O)CCC(=O)N(O)CCCCCN.O=C(O)CC(O)(CC(=O)O)C(=O)O. The molecule has 0 aliphatic rings. The predicted octanol–water partition coefficient (Wildman–Crippen LogP) is -0.326. The van der Waals surface area contributed by atoms with E-state index < -0.39 is 54.1 Å². The van der Waals surface area contributed by atoms with Crippen LogP contribution in [0.5, 0.6) is 0 Å². The third-order valence-electron chi connectivity index (χ3n) is 7.17. The molecule has 0 saturated heterocycles. The number of aliphatic hydroxyl groups is 1. The molecule has 5 amide bonds. The summed E-state index contributed by atoms with van der Waals surface area (Å²) in [5.41, 5.74) is 2.65. The highest BCUT2D eigenvalue weighted by molar-refractivity contribution is 5.88. The number of carbonyl (C=O) groups excluding carboxylic acids is 5. The minimum atomic E-state index is -2.74. The lowest BCUT2D eigenvalue weighted by Gasteiger charge is -2.18. The van der Waals surface area contributed by atoms with Crippen molar-refractivity contribution in [3.8, 4) is 0 Å². The normalized spacial score (nSPS) is 10.7. The number of carboxylic acids is 3. The van der Waals surface area contributed by atoms with Gasteiger partial charge in [0.1, 0.15) is 0 Å². The minimum Gasteiger partial charge on any atom is -0.481 e. The second-order valence-electron chi connectivity index (χ2n) is 11.8. The van der Waals surface area contributed by atoms with Crippen LogP contribution in [0.1, 0.15) is 103 Å². The van der Waals surface area contributed by atoms with Crippen LogP contribution in [0.3, 0.4) is 0 Å². The molecule has 0 rings (SSSR count). The van der Waals surface area contributed by atoms with Crippen molar-refractivity contribution in [3.05, 3.63) is 0 Å². The zero-order valence-electron chi connectivity index (χ0n) is 29.7. The molecule has 0 fully saturated rings. The number of aliphatic carboxylic acids is 3. The second kappa shape index (κ2) is 29.2. The smallest absolute Gasteiger partial charge is 0.336 e. The van der Waals surface area contributed by atoms with Gasteiger partial charge in [-0.1, -0.05) is 6.42 Å². The Hall–Kier alpha value is -4.44. The molecule has 0 saturated carbocycles. The van der Waals surface area contributed by atoms with E-state index in [1.165, 1.54) is 6.92 Å². The summed E-state index contributed by atoms with van der Waals surface area (Å²) < 4.78 is 0. The molecule has 0 aliphatic carbocycles. The fraction of sp³-hybridized carbons (Fsp3) is 0.742. The number of carboxylic acid groups (broad SMARTS) is 3. The lowest BCUT2D eigenvalue weighted by molar-refractivity contribution is -0.170. The largest absolute Gasteiger partial charge is 0.481 e. The molecule has 0 atom stereocenters. The number of nitrogens with two attached hydrogens (primary N) is 1. The van der Waals surface area contributed by atoms with Crippen LogP contribution in [0.4, 0.5) is 0 Å². The highest BCUT2D eigenvalue weighted by atomic mass is 16.5. The Labute approximate surface area is 301 Å². The highest BCUT2D eigenvalue weighted by Crippen LogP contribution is 2.15. The van der Waals surface area contributed by atoms with Crippen LogP contribution in [-0.2, 0) is 38.4 Å². The molecular weight excluding hydrogens is 696 g/mol. The van der Waals surface area contributed by atoms with Crippen LogP contribution in [0.25, 0.3) is 0 Å². The van der Waals surface area contributed by atoms with E-state index in [1.807, 2.05) is 0 Å². The van der Waals surface area contributed by atoms with Gasteiger partial charge < -0.3 is 36.8 Å². The molecule has 0 aromatic rings. The zero-order chi connectivity index (χ0) is 40.1. The van der Waals surface area contributed by atoms with Crippen molar-refractivity contribution in [1.82, 2.24) is 25.8 Å². The maximum Gasteiger partial charge on any atom is 0.336 e. The zero-order valence-corrected chi connectivity index (χ0v) is 29.7. The van der Waals surface area contributed by atoms with Crippen molar-refractivity contribution in [2.45, 2.75) is 109 Å². The van der Waals surface area contributed by atoms with Crippen molar-refractivity contribution in [3.63, 3.8) is 0 Å². The summed E-state index contributed by atoms with van der Waals surface area (Å²) in [6.45, 7) is 3.22. The quantitative estimate of drug-likeness (QED) is 0.0278. The fourth-order valence-corrected chi connectivity index (χ4v) is 4.16. The molecule has 0 radical (unpaired) electrons. The maximum atomic E-state index is 12.0. The summed E-state index contributed by atoms with van der Waals surface area (Å²) in [4.78, 5) is 88.9. The first kappa shape index (κ1) is 49.7. The third-order valence-corrected chi connectivity index (χ3v) is 7.17. The molecule has 11 N–H and O–H groups in total. The Morgan fingerprint density at radius 2 is 0.923 bits per heavy atom. The Bertz CT molecular complexity index is 1120. The Morgan fingerprint density at radius 1 is 0.558 bits per heavy atom. The number of hydrogen-bond donors (Lipinski definition) is 10. The molecule has 0 unspecified atom stereocenters. The van der Waals surface area contributed by atoms with Crippen molar-refractivity contribution in [2.75, 3.05) is 39.3 Å². The van der Waals surface area contributed by atoms with Crippen molar-refractivity contribution >= 4 is 47.4 Å². The van der Waals surface area contributed by atoms with Gasteiger partial charge in [0.05, 0.1) is 12.8 Å². The van der Waals surface area contributed by atoms with E-state index >= 15 is 0 Å². The van der Waals surface area contributed by atoms with E-state index in [0.717, 1.165) is 19.3 Å². The molecule has 0 bridgehead atoms. The maximum absolute atomic E-state index is 12.0. The summed E-state index contributed by atoms with van der Waals surface area (Å²) in [7, 11) is 0. The first-order valence-corrected chi connectivity index (χ1v) is 16.9. The van der Waals surface area contributed by atoms with Crippen molar-refractivity contribution < 1.29 is 74.4 Å². The van der Waals surface area contributed by atoms with Gasteiger partial charge in [-0.3, -0.25) is 49.2 Å². The predicted molar refractivity (Wildman–Crippen MR) is 178 cm³/mol. The molecule has 0 aromatic heterocycles. The molecular formula is C31H56N6O15. The van der Waals surface area contributed by atoms with E-state index in [1.54, 1.807) is 0 Å². The average Bonchev–Trinajstić information content (AvgIpc) is 3.06. The molecule has 21 nitrogen and oxygen atoms in total. The summed E-state index contributed by atoms with van der Waals surface area (Å²) in [6.07, 6.45) is 3.55. The molecule has 0 aromatic carbocycles. The Morgan fingerprint density at radius 3 is 1.25 bits per heavy atom. The van der Waals surface area contributed by atoms with E-state index in [9.17, 15) is 54.0 Å². The van der Waals surface area contributed by atoms with Crippen LogP contribution >= 0.6 is 0 Å². The first-order chi connectivity index (χ1) is 24.4. The second-order valence-corrected chi connectivity index (χ2v) is 11.8. The molecule has 0 aliphatic heterocycles. The van der Waals surface area contributed by atoms with E-state index in [4.69, 9.17) is 26.2 Å². The number of rotatable bonds is 28. The average molecular weight is 753 g/mol. The minimum absolute atomic E-state index is 0.0191. The lowest BCUT2D eigenvalue weighted by Crippen LogP contribution is -2.42. The molecule has 300 valence electrons. The van der Waals surface area contributed by atoms with Gasteiger partial charge in [-0.25, -0.2) is 20.0 Å². The van der Waals surface area contributed by atoms with Crippen molar-refractivity contribution in [1.29, 1.82) is 0 Å².